The highest BCUT2D eigenvalue weighted by atomic mass is 19.1. The summed E-state index contributed by atoms with van der Waals surface area (Å²) in [5.41, 5.74) is 0.804. The van der Waals surface area contributed by atoms with Crippen LogP contribution in [0, 0.1) is 5.82 Å². The highest BCUT2D eigenvalue weighted by Crippen LogP contribution is 2.27. The Bertz CT molecular complexity index is 529. The Kier molecular flexibility index (Phi) is 5.12. The molecule has 1 N–H and O–H groups in total. The van der Waals surface area contributed by atoms with Crippen LogP contribution in [0.2, 0.25) is 0 Å². The third kappa shape index (κ3) is 3.81. The summed E-state index contributed by atoms with van der Waals surface area (Å²) in [4.78, 5) is 0. The molecule has 0 spiro atoms. The molecule has 0 fully saturated rings. The van der Waals surface area contributed by atoms with Gasteiger partial charge in [0.1, 0.15) is 18.2 Å². The first-order chi connectivity index (χ1) is 9.70. The second-order valence-electron chi connectivity index (χ2n) is 4.63. The fourth-order valence-electron chi connectivity index (χ4n) is 1.93. The van der Waals surface area contributed by atoms with Gasteiger partial charge in [0, 0.05) is 17.7 Å². The van der Waals surface area contributed by atoms with E-state index in [0.717, 1.165) is 18.5 Å². The van der Waals surface area contributed by atoms with Gasteiger partial charge in [-0.25, -0.2) is 4.39 Å². The van der Waals surface area contributed by atoms with Crippen molar-refractivity contribution in [2.45, 2.75) is 32.9 Å². The molecule has 1 unspecified atom stereocenters. The lowest BCUT2D eigenvalue weighted by Gasteiger charge is -2.18. The van der Waals surface area contributed by atoms with Gasteiger partial charge < -0.3 is 14.6 Å². The number of nitrogens with one attached hydrogen (secondary N) is 1. The zero-order valence-electron chi connectivity index (χ0n) is 11.7. The standard InChI is InChI=1S/C15H19FN2O2/c1-3-7-17-11(2)14-9-12(16)4-5-15(14)19-10-13-6-8-18-20-13/h4-6,8-9,11,17H,3,7,10H2,1-2H3. The van der Waals surface area contributed by atoms with E-state index in [0.29, 0.717) is 11.5 Å². The molecule has 0 radical (unpaired) electrons. The van der Waals surface area contributed by atoms with E-state index in [1.807, 2.05) is 6.92 Å². The van der Waals surface area contributed by atoms with Crippen molar-refractivity contribution >= 4 is 0 Å². The summed E-state index contributed by atoms with van der Waals surface area (Å²) in [6, 6.07) is 6.30. The number of rotatable bonds is 7. The molecular weight excluding hydrogens is 259 g/mol. The summed E-state index contributed by atoms with van der Waals surface area (Å²) < 4.78 is 24.1. The maximum absolute atomic E-state index is 13.4. The zero-order valence-corrected chi connectivity index (χ0v) is 11.7. The number of nitrogens with zero attached hydrogens (tertiary/aromatic N) is 1. The Balaban J connectivity index is 2.10. The van der Waals surface area contributed by atoms with Gasteiger partial charge in [0.2, 0.25) is 0 Å². The molecule has 2 aromatic rings. The van der Waals surface area contributed by atoms with Gasteiger partial charge in [-0.1, -0.05) is 12.1 Å². The van der Waals surface area contributed by atoms with Gasteiger partial charge in [0.15, 0.2) is 5.76 Å². The minimum atomic E-state index is -0.267. The van der Waals surface area contributed by atoms with Gasteiger partial charge in [-0.05, 0) is 38.1 Å². The van der Waals surface area contributed by atoms with Gasteiger partial charge in [-0.2, -0.15) is 0 Å². The molecule has 0 aliphatic carbocycles. The summed E-state index contributed by atoms with van der Waals surface area (Å²) in [6.07, 6.45) is 2.59. The third-order valence-corrected chi connectivity index (χ3v) is 3.00. The Labute approximate surface area is 117 Å². The van der Waals surface area contributed by atoms with Crippen molar-refractivity contribution in [2.24, 2.45) is 0 Å². The lowest BCUT2D eigenvalue weighted by atomic mass is 10.1. The van der Waals surface area contributed by atoms with Gasteiger partial charge >= 0.3 is 0 Å². The van der Waals surface area contributed by atoms with E-state index in [9.17, 15) is 4.39 Å². The van der Waals surface area contributed by atoms with E-state index in [1.165, 1.54) is 12.1 Å². The predicted molar refractivity (Wildman–Crippen MR) is 73.9 cm³/mol. The molecule has 5 heteroatoms. The average molecular weight is 278 g/mol. The second-order valence-corrected chi connectivity index (χ2v) is 4.63. The van der Waals surface area contributed by atoms with E-state index >= 15 is 0 Å². The summed E-state index contributed by atoms with van der Waals surface area (Å²) in [5, 5.41) is 6.95. The molecule has 108 valence electrons. The lowest BCUT2D eigenvalue weighted by molar-refractivity contribution is 0.245. The highest BCUT2D eigenvalue weighted by molar-refractivity contribution is 5.36. The Morgan fingerprint density at radius 1 is 1.40 bits per heavy atom. The van der Waals surface area contributed by atoms with Crippen LogP contribution >= 0.6 is 0 Å². The molecule has 1 atom stereocenters. The van der Waals surface area contributed by atoms with Gasteiger partial charge in [0.25, 0.3) is 0 Å². The third-order valence-electron chi connectivity index (χ3n) is 3.00. The Morgan fingerprint density at radius 2 is 2.25 bits per heavy atom. The summed E-state index contributed by atoms with van der Waals surface area (Å²) in [7, 11) is 0. The molecule has 0 aliphatic heterocycles. The maximum atomic E-state index is 13.4. The monoisotopic (exact) mass is 278 g/mol. The van der Waals surface area contributed by atoms with Crippen LogP contribution in [0.5, 0.6) is 5.75 Å². The summed E-state index contributed by atoms with van der Waals surface area (Å²) >= 11 is 0. The molecule has 2 rings (SSSR count). The largest absolute Gasteiger partial charge is 0.485 e. The molecule has 20 heavy (non-hydrogen) atoms. The van der Waals surface area contributed by atoms with E-state index in [2.05, 4.69) is 17.4 Å². The smallest absolute Gasteiger partial charge is 0.174 e. The van der Waals surface area contributed by atoms with E-state index in [-0.39, 0.29) is 18.5 Å². The average Bonchev–Trinajstić information content (AvgIpc) is 2.96. The van der Waals surface area contributed by atoms with Crippen LogP contribution in [0.15, 0.2) is 35.0 Å². The molecule has 1 aromatic heterocycles. The first-order valence-electron chi connectivity index (χ1n) is 6.76. The number of aromatic nitrogens is 1. The number of benzene rings is 1. The van der Waals surface area contributed by atoms with Crippen molar-refractivity contribution in [1.29, 1.82) is 0 Å². The minimum Gasteiger partial charge on any atom is -0.485 e. The summed E-state index contributed by atoms with van der Waals surface area (Å²) in [6.45, 7) is 5.23. The first kappa shape index (κ1) is 14.5. The van der Waals surface area contributed by atoms with Crippen LogP contribution in [-0.2, 0) is 6.61 Å². The highest BCUT2D eigenvalue weighted by Gasteiger charge is 2.13. The number of halogens is 1. The molecule has 0 bridgehead atoms. The molecule has 4 nitrogen and oxygen atoms in total. The number of ether oxygens (including phenoxy) is 1. The quantitative estimate of drug-likeness (QED) is 0.842. The van der Waals surface area contributed by atoms with Crippen molar-refractivity contribution in [3.8, 4) is 5.75 Å². The lowest BCUT2D eigenvalue weighted by Crippen LogP contribution is -2.20. The van der Waals surface area contributed by atoms with Crippen LogP contribution in [0.4, 0.5) is 4.39 Å². The van der Waals surface area contributed by atoms with Crippen LogP contribution in [-0.4, -0.2) is 11.7 Å². The molecule has 0 amide bonds. The van der Waals surface area contributed by atoms with Gasteiger partial charge in [-0.3, -0.25) is 0 Å². The van der Waals surface area contributed by atoms with E-state index in [1.54, 1.807) is 18.3 Å². The van der Waals surface area contributed by atoms with E-state index < -0.39 is 0 Å². The number of hydrogen-bond acceptors (Lipinski definition) is 4. The predicted octanol–water partition coefficient (Wildman–Crippen LogP) is 3.45. The minimum absolute atomic E-state index is 0.0235. The van der Waals surface area contributed by atoms with Crippen LogP contribution < -0.4 is 10.1 Å². The topological polar surface area (TPSA) is 47.3 Å². The van der Waals surface area contributed by atoms with Crippen molar-refractivity contribution in [2.75, 3.05) is 6.54 Å². The van der Waals surface area contributed by atoms with Crippen molar-refractivity contribution in [3.05, 3.63) is 47.6 Å². The Hall–Kier alpha value is -1.88. The molecule has 0 aliphatic rings. The van der Waals surface area contributed by atoms with E-state index in [4.69, 9.17) is 9.26 Å². The van der Waals surface area contributed by atoms with Crippen molar-refractivity contribution in [3.63, 3.8) is 0 Å². The molecule has 0 saturated heterocycles. The van der Waals surface area contributed by atoms with Crippen molar-refractivity contribution < 1.29 is 13.7 Å². The van der Waals surface area contributed by atoms with Crippen LogP contribution in [0.25, 0.3) is 0 Å². The first-order valence-corrected chi connectivity index (χ1v) is 6.76. The summed E-state index contributed by atoms with van der Waals surface area (Å²) in [5.74, 6) is 1.02. The second kappa shape index (κ2) is 7.05. The van der Waals surface area contributed by atoms with Gasteiger partial charge in [-0.15, -0.1) is 0 Å². The van der Waals surface area contributed by atoms with Crippen LogP contribution in [0.3, 0.4) is 0 Å². The Morgan fingerprint density at radius 3 is 2.95 bits per heavy atom. The maximum Gasteiger partial charge on any atom is 0.174 e. The molecular formula is C15H19FN2O2. The normalized spacial score (nSPS) is 12.3. The van der Waals surface area contributed by atoms with Crippen molar-refractivity contribution in [1.82, 2.24) is 10.5 Å². The molecule has 0 saturated carbocycles. The fraction of sp³-hybridized carbons (Fsp3) is 0.400. The zero-order chi connectivity index (χ0) is 14.4. The molecule has 1 aromatic carbocycles. The van der Waals surface area contributed by atoms with Gasteiger partial charge in [0.05, 0.1) is 6.20 Å². The number of hydrogen-bond donors (Lipinski definition) is 1. The molecule has 1 heterocycles. The van der Waals surface area contributed by atoms with Crippen LogP contribution in [0.1, 0.15) is 37.6 Å². The fourth-order valence-corrected chi connectivity index (χ4v) is 1.93. The SMILES string of the molecule is CCCNC(C)c1cc(F)ccc1OCc1ccno1.